The van der Waals surface area contributed by atoms with Gasteiger partial charge < -0.3 is 10.5 Å². The topological polar surface area (TPSA) is 35.2 Å². The maximum atomic E-state index is 5.87. The van der Waals surface area contributed by atoms with Crippen LogP contribution in [0.5, 0.6) is 5.75 Å². The molecule has 2 N–H and O–H groups in total. The van der Waals surface area contributed by atoms with Gasteiger partial charge in [-0.25, -0.2) is 0 Å². The van der Waals surface area contributed by atoms with Crippen LogP contribution in [0.1, 0.15) is 38.8 Å². The maximum absolute atomic E-state index is 5.87. The third-order valence-corrected chi connectivity index (χ3v) is 2.36. The molecule has 0 saturated carbocycles. The number of para-hydroxylation sites is 1. The highest BCUT2D eigenvalue weighted by molar-refractivity contribution is 5.35. The molecule has 0 heterocycles. The van der Waals surface area contributed by atoms with Crippen LogP contribution in [0.2, 0.25) is 0 Å². The van der Waals surface area contributed by atoms with E-state index in [2.05, 4.69) is 13.8 Å². The average molecular weight is 207 g/mol. The zero-order valence-electron chi connectivity index (χ0n) is 9.86. The highest BCUT2D eigenvalue weighted by Crippen LogP contribution is 2.23. The van der Waals surface area contributed by atoms with Gasteiger partial charge in [0.1, 0.15) is 5.75 Å². The predicted octanol–water partition coefficient (Wildman–Crippen LogP) is 3.13. The molecule has 0 amide bonds. The highest BCUT2D eigenvalue weighted by Gasteiger charge is 2.06. The minimum absolute atomic E-state index is 0.0280. The van der Waals surface area contributed by atoms with Gasteiger partial charge in [0.05, 0.1) is 6.61 Å². The molecule has 0 unspecified atom stereocenters. The van der Waals surface area contributed by atoms with E-state index in [9.17, 15) is 0 Å². The molecule has 0 fully saturated rings. The summed E-state index contributed by atoms with van der Waals surface area (Å²) in [5.41, 5.74) is 6.95. The molecule has 2 heteroatoms. The highest BCUT2D eigenvalue weighted by atomic mass is 16.5. The van der Waals surface area contributed by atoms with Crippen molar-refractivity contribution in [3.8, 4) is 5.75 Å². The Kier molecular flexibility index (Phi) is 4.63. The van der Waals surface area contributed by atoms with Gasteiger partial charge in [-0.2, -0.15) is 0 Å². The zero-order valence-corrected chi connectivity index (χ0v) is 9.86. The van der Waals surface area contributed by atoms with Gasteiger partial charge in [-0.3, -0.25) is 0 Å². The lowest BCUT2D eigenvalue weighted by atomic mass is 10.1. The lowest BCUT2D eigenvalue weighted by Gasteiger charge is -2.14. The van der Waals surface area contributed by atoms with E-state index >= 15 is 0 Å². The molecule has 0 aliphatic carbocycles. The summed E-state index contributed by atoms with van der Waals surface area (Å²) in [6, 6.07) is 8.01. The van der Waals surface area contributed by atoms with Crippen LogP contribution in [0.3, 0.4) is 0 Å². The first-order valence-electron chi connectivity index (χ1n) is 5.58. The third-order valence-electron chi connectivity index (χ3n) is 2.36. The van der Waals surface area contributed by atoms with Crippen molar-refractivity contribution in [3.05, 3.63) is 29.8 Å². The number of hydrogen-bond donors (Lipinski definition) is 1. The largest absolute Gasteiger partial charge is 0.493 e. The summed E-state index contributed by atoms with van der Waals surface area (Å²) in [5.74, 6) is 1.60. The molecule has 84 valence electrons. The van der Waals surface area contributed by atoms with Crippen molar-refractivity contribution in [1.82, 2.24) is 0 Å². The van der Waals surface area contributed by atoms with Gasteiger partial charge in [0, 0.05) is 11.6 Å². The van der Waals surface area contributed by atoms with Crippen molar-refractivity contribution >= 4 is 0 Å². The van der Waals surface area contributed by atoms with Gasteiger partial charge in [0.25, 0.3) is 0 Å². The van der Waals surface area contributed by atoms with Crippen molar-refractivity contribution in [2.75, 3.05) is 6.61 Å². The van der Waals surface area contributed by atoms with Crippen LogP contribution in [0.4, 0.5) is 0 Å². The Hall–Kier alpha value is -1.02. The van der Waals surface area contributed by atoms with E-state index in [1.807, 2.05) is 31.2 Å². The summed E-state index contributed by atoms with van der Waals surface area (Å²) in [6.07, 6.45) is 1.08. The molecule has 0 saturated heterocycles. The fraction of sp³-hybridized carbons (Fsp3) is 0.538. The third kappa shape index (κ3) is 3.92. The van der Waals surface area contributed by atoms with Gasteiger partial charge in [0.15, 0.2) is 0 Å². The average Bonchev–Trinajstić information content (AvgIpc) is 2.17. The normalized spacial score (nSPS) is 12.9. The van der Waals surface area contributed by atoms with E-state index in [0.29, 0.717) is 5.92 Å². The second kappa shape index (κ2) is 5.76. The Balaban J connectivity index is 2.59. The standard InChI is InChI=1S/C13H21NO/c1-10(2)8-9-15-13-7-5-4-6-12(13)11(3)14/h4-7,10-11H,8-9,14H2,1-3H3/t11-/m0/s1. The Morgan fingerprint density at radius 1 is 1.20 bits per heavy atom. The van der Waals surface area contributed by atoms with Crippen molar-refractivity contribution in [3.63, 3.8) is 0 Å². The summed E-state index contributed by atoms with van der Waals surface area (Å²) in [6.45, 7) is 7.13. The Morgan fingerprint density at radius 2 is 1.87 bits per heavy atom. The maximum Gasteiger partial charge on any atom is 0.124 e. The van der Waals surface area contributed by atoms with Gasteiger partial charge in [-0.1, -0.05) is 32.0 Å². The minimum atomic E-state index is 0.0280. The van der Waals surface area contributed by atoms with Crippen molar-refractivity contribution in [2.45, 2.75) is 33.2 Å². The van der Waals surface area contributed by atoms with Crippen molar-refractivity contribution < 1.29 is 4.74 Å². The summed E-state index contributed by atoms with van der Waals surface area (Å²) in [4.78, 5) is 0. The van der Waals surface area contributed by atoms with E-state index in [0.717, 1.165) is 24.3 Å². The smallest absolute Gasteiger partial charge is 0.124 e. The Morgan fingerprint density at radius 3 is 2.47 bits per heavy atom. The van der Waals surface area contributed by atoms with Crippen LogP contribution in [0, 0.1) is 5.92 Å². The molecular formula is C13H21NO. The van der Waals surface area contributed by atoms with E-state index < -0.39 is 0 Å². The van der Waals surface area contributed by atoms with Crippen LogP contribution >= 0.6 is 0 Å². The van der Waals surface area contributed by atoms with Gasteiger partial charge in [0.2, 0.25) is 0 Å². The van der Waals surface area contributed by atoms with Crippen LogP contribution < -0.4 is 10.5 Å². The minimum Gasteiger partial charge on any atom is -0.493 e. The molecule has 1 rings (SSSR count). The molecule has 0 spiro atoms. The summed E-state index contributed by atoms with van der Waals surface area (Å²) < 4.78 is 5.73. The van der Waals surface area contributed by atoms with Crippen molar-refractivity contribution in [2.24, 2.45) is 11.7 Å². The van der Waals surface area contributed by atoms with E-state index in [1.165, 1.54) is 0 Å². The SMILES string of the molecule is CC(C)CCOc1ccccc1[C@H](C)N. The van der Waals surface area contributed by atoms with Crippen LogP contribution in [0.25, 0.3) is 0 Å². The van der Waals surface area contributed by atoms with Crippen molar-refractivity contribution in [1.29, 1.82) is 0 Å². The second-order valence-electron chi connectivity index (χ2n) is 4.36. The lowest BCUT2D eigenvalue weighted by Crippen LogP contribution is -2.09. The summed E-state index contributed by atoms with van der Waals surface area (Å²) in [7, 11) is 0. The lowest BCUT2D eigenvalue weighted by molar-refractivity contribution is 0.286. The molecular weight excluding hydrogens is 186 g/mol. The number of ether oxygens (including phenoxy) is 1. The first-order chi connectivity index (χ1) is 7.11. The first-order valence-corrected chi connectivity index (χ1v) is 5.58. The van der Waals surface area contributed by atoms with E-state index in [-0.39, 0.29) is 6.04 Å². The van der Waals surface area contributed by atoms with Gasteiger partial charge in [-0.05, 0) is 25.3 Å². The number of hydrogen-bond acceptors (Lipinski definition) is 2. The molecule has 0 radical (unpaired) electrons. The Bertz CT molecular complexity index is 294. The second-order valence-corrected chi connectivity index (χ2v) is 4.36. The summed E-state index contributed by atoms with van der Waals surface area (Å²) in [5, 5.41) is 0. The number of nitrogens with two attached hydrogens (primary N) is 1. The molecule has 0 bridgehead atoms. The quantitative estimate of drug-likeness (QED) is 0.805. The van der Waals surface area contributed by atoms with E-state index in [1.54, 1.807) is 0 Å². The number of rotatable bonds is 5. The van der Waals surface area contributed by atoms with Crippen LogP contribution in [-0.2, 0) is 0 Å². The predicted molar refractivity (Wildman–Crippen MR) is 64.0 cm³/mol. The summed E-state index contributed by atoms with van der Waals surface area (Å²) >= 11 is 0. The first kappa shape index (κ1) is 12.1. The van der Waals surface area contributed by atoms with Gasteiger partial charge in [-0.15, -0.1) is 0 Å². The fourth-order valence-electron chi connectivity index (χ4n) is 1.39. The van der Waals surface area contributed by atoms with Crippen LogP contribution in [0.15, 0.2) is 24.3 Å². The van der Waals surface area contributed by atoms with Crippen LogP contribution in [-0.4, -0.2) is 6.61 Å². The van der Waals surface area contributed by atoms with E-state index in [4.69, 9.17) is 10.5 Å². The fourth-order valence-corrected chi connectivity index (χ4v) is 1.39. The monoisotopic (exact) mass is 207 g/mol. The molecule has 0 aliphatic heterocycles. The van der Waals surface area contributed by atoms with Gasteiger partial charge >= 0.3 is 0 Å². The molecule has 0 aliphatic rings. The Labute approximate surface area is 92.4 Å². The number of benzene rings is 1. The molecule has 0 aromatic heterocycles. The molecule has 1 aromatic rings. The zero-order chi connectivity index (χ0) is 11.3. The molecule has 1 atom stereocenters. The molecule has 15 heavy (non-hydrogen) atoms. The molecule has 1 aromatic carbocycles. The molecule has 2 nitrogen and oxygen atoms in total.